The van der Waals surface area contributed by atoms with Crippen LogP contribution in [0.3, 0.4) is 0 Å². The third kappa shape index (κ3) is 6.42. The summed E-state index contributed by atoms with van der Waals surface area (Å²) in [5.74, 6) is 0.715. The molecule has 2 unspecified atom stereocenters. The Morgan fingerprint density at radius 2 is 1.92 bits per heavy atom. The van der Waals surface area contributed by atoms with Crippen molar-refractivity contribution in [1.29, 1.82) is 0 Å². The molecule has 2 aromatic carbocycles. The highest BCUT2D eigenvalue weighted by molar-refractivity contribution is 7.63. The molecule has 0 saturated carbocycles. The summed E-state index contributed by atoms with van der Waals surface area (Å²) >= 11 is 6.11. The molecule has 0 aliphatic rings. The largest absolute Gasteiger partial charge is 0.508 e. The van der Waals surface area contributed by atoms with Crippen molar-refractivity contribution in [2.24, 2.45) is 0 Å². The van der Waals surface area contributed by atoms with Gasteiger partial charge in [0.25, 0.3) is 0 Å². The molecule has 12 nitrogen and oxygen atoms in total. The third-order valence-corrected chi connectivity index (χ3v) is 8.59. The molecule has 4 rings (SSSR count). The van der Waals surface area contributed by atoms with Gasteiger partial charge in [-0.1, -0.05) is 34.4 Å². The summed E-state index contributed by atoms with van der Waals surface area (Å²) in [6.45, 7) is 0.507. The van der Waals surface area contributed by atoms with E-state index in [1.54, 1.807) is 47.3 Å². The fourth-order valence-electron chi connectivity index (χ4n) is 3.57. The molecule has 37 heavy (non-hydrogen) atoms. The average Bonchev–Trinajstić information content (AvgIpc) is 3.24. The standard InChI is InChI=1S/C22H23ClN6O6P2/c23-15-5-2-6-16(11-15)26-19-18-20(29(13-25-18)12-14-4-1-7-17(30)10-14)28-21(27-19)24-9-3-8-22(31,36-32)37(33,34)35/h1-2,4-7,10-11,13,30-31H,3,8-9,12H2,(H2,33,34,35)(H2,24,26,27,28)/p+1. The number of aromatic hydroxyl groups is 1. The number of aromatic nitrogens is 4. The van der Waals surface area contributed by atoms with Gasteiger partial charge in [0.2, 0.25) is 5.95 Å². The van der Waals surface area contributed by atoms with Gasteiger partial charge in [-0.05, 0) is 42.3 Å². The summed E-state index contributed by atoms with van der Waals surface area (Å²) < 4.78 is 24.5. The molecule has 0 fully saturated rings. The maximum Gasteiger partial charge on any atom is 0.407 e. The molecule has 0 amide bonds. The number of nitrogens with one attached hydrogen (secondary N) is 2. The van der Waals surface area contributed by atoms with E-state index in [4.69, 9.17) is 11.6 Å². The summed E-state index contributed by atoms with van der Waals surface area (Å²) in [5, 5.41) is 23.9. The Labute approximate surface area is 217 Å². The summed E-state index contributed by atoms with van der Waals surface area (Å²) in [6.07, 6.45) is 1.29. The molecule has 2 atom stereocenters. The van der Waals surface area contributed by atoms with Crippen LogP contribution in [0.4, 0.5) is 17.5 Å². The van der Waals surface area contributed by atoms with Crippen LogP contribution in [0.15, 0.2) is 54.9 Å². The van der Waals surface area contributed by atoms with Crippen LogP contribution >= 0.6 is 27.7 Å². The number of hydrogen-bond donors (Lipinski definition) is 6. The van der Waals surface area contributed by atoms with Gasteiger partial charge in [-0.2, -0.15) is 9.97 Å². The van der Waals surface area contributed by atoms with E-state index in [1.807, 2.05) is 12.1 Å². The van der Waals surface area contributed by atoms with Crippen molar-refractivity contribution in [3.8, 4) is 5.75 Å². The van der Waals surface area contributed by atoms with Crippen LogP contribution in [0.25, 0.3) is 11.2 Å². The van der Waals surface area contributed by atoms with Crippen molar-refractivity contribution in [3.05, 3.63) is 65.4 Å². The summed E-state index contributed by atoms with van der Waals surface area (Å²) in [7, 11) is -6.55. The lowest BCUT2D eigenvalue weighted by molar-refractivity contribution is 0.157. The number of benzene rings is 2. The van der Waals surface area contributed by atoms with Gasteiger partial charge in [-0.3, -0.25) is 4.57 Å². The van der Waals surface area contributed by atoms with Crippen LogP contribution in [0.1, 0.15) is 18.4 Å². The van der Waals surface area contributed by atoms with Gasteiger partial charge in [0.05, 0.1) is 12.9 Å². The van der Waals surface area contributed by atoms with Gasteiger partial charge in [0, 0.05) is 23.7 Å². The van der Waals surface area contributed by atoms with Crippen LogP contribution in [-0.4, -0.2) is 51.1 Å². The number of anilines is 3. The number of phenols is 1. The first-order valence-corrected chi connectivity index (χ1v) is 13.9. The summed E-state index contributed by atoms with van der Waals surface area (Å²) in [4.78, 5) is 32.1. The first-order valence-electron chi connectivity index (χ1n) is 11.0. The lowest BCUT2D eigenvalue weighted by Crippen LogP contribution is -2.22. The van der Waals surface area contributed by atoms with Gasteiger partial charge in [0.1, 0.15) is 5.75 Å². The molecule has 15 heteroatoms. The highest BCUT2D eigenvalue weighted by Crippen LogP contribution is 2.57. The summed E-state index contributed by atoms with van der Waals surface area (Å²) in [5.41, 5.74) is 2.46. The van der Waals surface area contributed by atoms with Crippen LogP contribution in [0.2, 0.25) is 5.02 Å². The van der Waals surface area contributed by atoms with Gasteiger partial charge in [-0.25, -0.2) is 4.98 Å². The number of hydrogen-bond acceptors (Lipinski definition) is 9. The van der Waals surface area contributed by atoms with Crippen molar-refractivity contribution in [3.63, 3.8) is 0 Å². The second-order valence-electron chi connectivity index (χ2n) is 8.24. The average molecular weight is 566 g/mol. The van der Waals surface area contributed by atoms with Gasteiger partial charge >= 0.3 is 21.1 Å². The molecule has 4 aromatic rings. The van der Waals surface area contributed by atoms with Crippen LogP contribution in [-0.2, 0) is 15.7 Å². The van der Waals surface area contributed by atoms with E-state index in [2.05, 4.69) is 25.6 Å². The van der Waals surface area contributed by atoms with Gasteiger partial charge in [-0.15, -0.1) is 0 Å². The first-order chi connectivity index (χ1) is 17.6. The van der Waals surface area contributed by atoms with Crippen molar-refractivity contribution in [2.45, 2.75) is 24.5 Å². The van der Waals surface area contributed by atoms with E-state index < -0.39 is 27.6 Å². The first kappa shape index (κ1) is 26.9. The lowest BCUT2D eigenvalue weighted by atomic mass is 10.2. The quantitative estimate of drug-likeness (QED) is 0.114. The normalized spacial score (nSPS) is 13.5. The van der Waals surface area contributed by atoms with Crippen molar-refractivity contribution < 1.29 is 29.1 Å². The number of phenolic OH excluding ortho intramolecular Hbond substituents is 1. The molecule has 194 valence electrons. The number of halogens is 1. The van der Waals surface area contributed by atoms with Crippen molar-refractivity contribution in [2.75, 3.05) is 17.2 Å². The smallest absolute Gasteiger partial charge is 0.407 e. The fraction of sp³-hybridized carbons (Fsp3) is 0.227. The Morgan fingerprint density at radius 1 is 1.14 bits per heavy atom. The van der Waals surface area contributed by atoms with Gasteiger partial charge in [0.15, 0.2) is 17.0 Å². The molecular formula is C22H24ClN6O6P2+. The second-order valence-corrected chi connectivity index (χ2v) is 12.0. The highest BCUT2D eigenvalue weighted by atomic mass is 35.5. The SMILES string of the molecule is O=[PH+]C(O)(CCCNc1nc(Nc2cccc(Cl)c2)c2ncn(Cc3cccc(O)c3)c2n1)P(=O)(O)O. The van der Waals surface area contributed by atoms with E-state index >= 15 is 0 Å². The molecule has 0 aliphatic carbocycles. The minimum atomic E-state index is -4.97. The van der Waals surface area contributed by atoms with E-state index in [0.29, 0.717) is 34.2 Å². The Kier molecular flexibility index (Phi) is 8.08. The highest BCUT2D eigenvalue weighted by Gasteiger charge is 2.53. The van der Waals surface area contributed by atoms with Gasteiger partial charge < -0.3 is 35.2 Å². The van der Waals surface area contributed by atoms with E-state index in [1.165, 1.54) is 0 Å². The van der Waals surface area contributed by atoms with E-state index in [0.717, 1.165) is 5.56 Å². The molecule has 0 aliphatic heterocycles. The molecule has 0 bridgehead atoms. The fourth-order valence-corrected chi connectivity index (χ4v) is 4.97. The molecule has 0 saturated heterocycles. The minimum Gasteiger partial charge on any atom is -0.508 e. The van der Waals surface area contributed by atoms with Crippen LogP contribution in [0.5, 0.6) is 5.75 Å². The van der Waals surface area contributed by atoms with E-state index in [-0.39, 0.29) is 24.7 Å². The second kappa shape index (κ2) is 11.1. The third-order valence-electron chi connectivity index (χ3n) is 5.45. The summed E-state index contributed by atoms with van der Waals surface area (Å²) in [6, 6.07) is 13.9. The maximum atomic E-state index is 11.5. The number of fused-ring (bicyclic) bond motifs is 1. The van der Waals surface area contributed by atoms with Crippen molar-refractivity contribution >= 4 is 56.3 Å². The van der Waals surface area contributed by atoms with Crippen molar-refractivity contribution in [1.82, 2.24) is 19.5 Å². The minimum absolute atomic E-state index is 0.0812. The monoisotopic (exact) mass is 565 g/mol. The van der Waals surface area contributed by atoms with Crippen LogP contribution < -0.4 is 10.6 Å². The Hall–Kier alpha value is -3.11. The zero-order valence-corrected chi connectivity index (χ0v) is 21.9. The van der Waals surface area contributed by atoms with Crippen LogP contribution in [0, 0.1) is 0 Å². The molecule has 2 heterocycles. The number of nitrogens with zero attached hydrogens (tertiary/aromatic N) is 4. The molecular weight excluding hydrogens is 542 g/mol. The molecule has 6 N–H and O–H groups in total. The lowest BCUT2D eigenvalue weighted by Gasteiger charge is -2.16. The predicted molar refractivity (Wildman–Crippen MR) is 141 cm³/mol. The maximum absolute atomic E-state index is 11.5. The number of rotatable bonds is 11. The zero-order valence-electron chi connectivity index (χ0n) is 19.2. The Bertz CT molecular complexity index is 1480. The number of aliphatic hydroxyl groups is 1. The Morgan fingerprint density at radius 3 is 2.62 bits per heavy atom. The number of imidazole rings is 1. The molecule has 2 aromatic heterocycles. The molecule has 0 spiro atoms. The Balaban J connectivity index is 1.62. The zero-order chi connectivity index (χ0) is 26.6. The predicted octanol–water partition coefficient (Wildman–Crippen LogP) is 4.02. The topological polar surface area (TPSA) is 183 Å². The van der Waals surface area contributed by atoms with E-state index in [9.17, 15) is 29.1 Å². The molecule has 0 radical (unpaired) electrons.